The Kier molecular flexibility index (Phi) is 8.52. The number of carbonyl (C=O) groups excluding carboxylic acids is 3. The lowest BCUT2D eigenvalue weighted by Gasteiger charge is -2.32. The van der Waals surface area contributed by atoms with E-state index < -0.39 is 41.2 Å². The minimum absolute atomic E-state index is 0.00405. The number of hydrogen-bond donors (Lipinski definition) is 5. The van der Waals surface area contributed by atoms with Crippen molar-refractivity contribution < 1.29 is 24.7 Å². The fourth-order valence-electron chi connectivity index (χ4n) is 2.71. The van der Waals surface area contributed by atoms with Crippen LogP contribution in [0, 0.1) is 17.3 Å². The normalized spacial score (nSPS) is 14.7. The van der Waals surface area contributed by atoms with E-state index in [2.05, 4.69) is 15.6 Å². The van der Waals surface area contributed by atoms with Gasteiger partial charge in [-0.05, 0) is 29.9 Å². The fraction of sp³-hybridized carbons (Fsp3) is 0.579. The molecule has 3 atom stereocenters. The van der Waals surface area contributed by atoms with E-state index in [0.29, 0.717) is 5.69 Å². The summed E-state index contributed by atoms with van der Waals surface area (Å²) in [6.45, 7) is 9.04. The molecule has 1 heterocycles. The van der Waals surface area contributed by atoms with Crippen LogP contribution in [0.1, 0.15) is 41.0 Å². The van der Waals surface area contributed by atoms with Gasteiger partial charge in [0, 0.05) is 18.1 Å². The molecule has 0 radical (unpaired) electrons. The van der Waals surface area contributed by atoms with Crippen LogP contribution in [-0.2, 0) is 14.4 Å². The zero-order chi connectivity index (χ0) is 21.5. The Morgan fingerprint density at radius 1 is 1.07 bits per heavy atom. The Balaban J connectivity index is 3.03. The lowest BCUT2D eigenvalue weighted by molar-refractivity contribution is -0.147. The molecule has 1 rings (SSSR count). The summed E-state index contributed by atoms with van der Waals surface area (Å²) in [6.07, 6.45) is 1.52. The third-order valence-corrected chi connectivity index (χ3v) is 4.18. The maximum absolute atomic E-state index is 12.8. The first kappa shape index (κ1) is 23.5. The number of hydrogen-bond acceptors (Lipinski definition) is 6. The molecule has 0 aliphatic rings. The molecule has 3 amide bonds. The number of hydroxylamine groups is 1. The molecule has 28 heavy (non-hydrogen) atoms. The van der Waals surface area contributed by atoms with Gasteiger partial charge < -0.3 is 15.7 Å². The SMILES string of the molecule is CC(C)C[C@@H](C(=O)NC(C(=O)Nc1ccncc1)C(C)(C)C)C(O)C(=O)NO. The van der Waals surface area contributed by atoms with Gasteiger partial charge in [-0.25, -0.2) is 5.48 Å². The number of aliphatic hydroxyl groups excluding tert-OH is 1. The highest BCUT2D eigenvalue weighted by Crippen LogP contribution is 2.23. The van der Waals surface area contributed by atoms with Gasteiger partial charge in [0.05, 0.1) is 5.92 Å². The molecule has 0 fully saturated rings. The Labute approximate surface area is 164 Å². The van der Waals surface area contributed by atoms with Gasteiger partial charge in [0.2, 0.25) is 11.8 Å². The van der Waals surface area contributed by atoms with E-state index >= 15 is 0 Å². The Bertz CT molecular complexity index is 673. The quantitative estimate of drug-likeness (QED) is 0.330. The van der Waals surface area contributed by atoms with Crippen molar-refractivity contribution in [2.24, 2.45) is 17.3 Å². The van der Waals surface area contributed by atoms with Crippen molar-refractivity contribution in [3.63, 3.8) is 0 Å². The molecule has 0 aromatic carbocycles. The predicted molar refractivity (Wildman–Crippen MR) is 103 cm³/mol. The van der Waals surface area contributed by atoms with Crippen molar-refractivity contribution in [3.05, 3.63) is 24.5 Å². The highest BCUT2D eigenvalue weighted by atomic mass is 16.5. The first-order chi connectivity index (χ1) is 13.0. The molecular formula is C19H30N4O5. The van der Waals surface area contributed by atoms with Gasteiger partial charge in [-0.1, -0.05) is 34.6 Å². The highest BCUT2D eigenvalue weighted by Gasteiger charge is 2.38. The number of aliphatic hydroxyl groups is 1. The third kappa shape index (κ3) is 6.90. The summed E-state index contributed by atoms with van der Waals surface area (Å²) in [5, 5.41) is 24.3. The monoisotopic (exact) mass is 394 g/mol. The Hall–Kier alpha value is -2.52. The predicted octanol–water partition coefficient (Wildman–Crippen LogP) is 1.08. The van der Waals surface area contributed by atoms with E-state index in [-0.39, 0.29) is 12.3 Å². The van der Waals surface area contributed by atoms with Crippen molar-refractivity contribution in [1.29, 1.82) is 0 Å². The molecule has 0 saturated heterocycles. The van der Waals surface area contributed by atoms with Crippen LogP contribution in [0.5, 0.6) is 0 Å². The van der Waals surface area contributed by atoms with Gasteiger partial charge in [-0.15, -0.1) is 0 Å². The van der Waals surface area contributed by atoms with Gasteiger partial charge in [0.1, 0.15) is 12.1 Å². The Morgan fingerprint density at radius 2 is 1.64 bits per heavy atom. The zero-order valence-corrected chi connectivity index (χ0v) is 16.9. The largest absolute Gasteiger partial charge is 0.382 e. The van der Waals surface area contributed by atoms with Crippen LogP contribution in [0.4, 0.5) is 5.69 Å². The minimum Gasteiger partial charge on any atom is -0.382 e. The summed E-state index contributed by atoms with van der Waals surface area (Å²) in [7, 11) is 0. The standard InChI is InChI=1S/C19H30N4O5/c1-11(2)10-13(14(24)17(26)23-28)16(25)22-15(19(3,4)5)18(27)21-12-6-8-20-9-7-12/h6-9,11,13-15,24,28H,10H2,1-5H3,(H,22,25)(H,23,26)(H,20,21,27)/t13-,14?,15?/m1/s1. The fourth-order valence-corrected chi connectivity index (χ4v) is 2.71. The van der Waals surface area contributed by atoms with E-state index in [1.165, 1.54) is 17.9 Å². The lowest BCUT2D eigenvalue weighted by Crippen LogP contribution is -2.55. The van der Waals surface area contributed by atoms with Crippen molar-refractivity contribution in [1.82, 2.24) is 15.8 Å². The Morgan fingerprint density at radius 3 is 2.11 bits per heavy atom. The smallest absolute Gasteiger partial charge is 0.272 e. The summed E-state index contributed by atoms with van der Waals surface area (Å²) in [5.41, 5.74) is 1.25. The molecule has 156 valence electrons. The van der Waals surface area contributed by atoms with E-state index in [1.54, 1.807) is 32.9 Å². The maximum Gasteiger partial charge on any atom is 0.272 e. The van der Waals surface area contributed by atoms with Crippen LogP contribution < -0.4 is 16.1 Å². The molecule has 1 aromatic heterocycles. The summed E-state index contributed by atoms with van der Waals surface area (Å²) in [6, 6.07) is 2.32. The maximum atomic E-state index is 12.8. The number of nitrogens with zero attached hydrogens (tertiary/aromatic N) is 1. The molecular weight excluding hydrogens is 364 g/mol. The summed E-state index contributed by atoms with van der Waals surface area (Å²) in [4.78, 5) is 41.1. The number of amides is 3. The van der Waals surface area contributed by atoms with Crippen LogP contribution in [-0.4, -0.2) is 45.2 Å². The molecule has 9 nitrogen and oxygen atoms in total. The molecule has 0 aliphatic heterocycles. The number of rotatable bonds is 8. The molecule has 5 N–H and O–H groups in total. The number of anilines is 1. The van der Waals surface area contributed by atoms with Gasteiger partial charge in [0.15, 0.2) is 0 Å². The molecule has 0 spiro atoms. The van der Waals surface area contributed by atoms with E-state index in [4.69, 9.17) is 5.21 Å². The molecule has 9 heteroatoms. The van der Waals surface area contributed by atoms with E-state index in [1.807, 2.05) is 13.8 Å². The molecule has 2 unspecified atom stereocenters. The second-order valence-corrected chi connectivity index (χ2v) is 8.19. The minimum atomic E-state index is -1.74. The van der Waals surface area contributed by atoms with E-state index in [9.17, 15) is 19.5 Å². The second kappa shape index (κ2) is 10.1. The van der Waals surface area contributed by atoms with Crippen molar-refractivity contribution in [2.75, 3.05) is 5.32 Å². The average molecular weight is 394 g/mol. The molecule has 0 saturated carbocycles. The van der Waals surface area contributed by atoms with E-state index in [0.717, 1.165) is 0 Å². The van der Waals surface area contributed by atoms with Gasteiger partial charge in [0.25, 0.3) is 5.91 Å². The lowest BCUT2D eigenvalue weighted by atomic mass is 9.84. The highest BCUT2D eigenvalue weighted by molar-refractivity contribution is 5.98. The summed E-state index contributed by atoms with van der Waals surface area (Å²) in [5.74, 6) is -3.28. The van der Waals surface area contributed by atoms with Gasteiger partial charge in [-0.2, -0.15) is 0 Å². The van der Waals surface area contributed by atoms with Crippen LogP contribution in [0.3, 0.4) is 0 Å². The van der Waals surface area contributed by atoms with Gasteiger partial charge >= 0.3 is 0 Å². The molecule has 0 bridgehead atoms. The summed E-state index contributed by atoms with van der Waals surface area (Å²) >= 11 is 0. The average Bonchev–Trinajstić information content (AvgIpc) is 2.62. The number of carbonyl (C=O) groups is 3. The van der Waals surface area contributed by atoms with Crippen LogP contribution in [0.2, 0.25) is 0 Å². The van der Waals surface area contributed by atoms with Crippen molar-refractivity contribution in [3.8, 4) is 0 Å². The molecule has 1 aromatic rings. The number of nitrogens with one attached hydrogen (secondary N) is 3. The zero-order valence-electron chi connectivity index (χ0n) is 16.9. The number of aromatic nitrogens is 1. The van der Waals surface area contributed by atoms with Crippen LogP contribution >= 0.6 is 0 Å². The number of pyridine rings is 1. The van der Waals surface area contributed by atoms with Crippen molar-refractivity contribution >= 4 is 23.4 Å². The molecule has 0 aliphatic carbocycles. The third-order valence-electron chi connectivity index (χ3n) is 4.18. The second-order valence-electron chi connectivity index (χ2n) is 8.19. The van der Waals surface area contributed by atoms with Crippen LogP contribution in [0.15, 0.2) is 24.5 Å². The summed E-state index contributed by atoms with van der Waals surface area (Å²) < 4.78 is 0. The first-order valence-electron chi connectivity index (χ1n) is 9.10. The van der Waals surface area contributed by atoms with Crippen molar-refractivity contribution in [2.45, 2.75) is 53.2 Å². The van der Waals surface area contributed by atoms with Gasteiger partial charge in [-0.3, -0.25) is 24.6 Å². The first-order valence-corrected chi connectivity index (χ1v) is 9.10. The van der Waals surface area contributed by atoms with Crippen LogP contribution in [0.25, 0.3) is 0 Å². The topological polar surface area (TPSA) is 141 Å².